The van der Waals surface area contributed by atoms with E-state index in [0.29, 0.717) is 0 Å². The zero-order valence-corrected chi connectivity index (χ0v) is 7.50. The first-order chi connectivity index (χ1) is 5.70. The molecule has 0 heterocycles. The summed E-state index contributed by atoms with van der Waals surface area (Å²) in [5, 5.41) is 0. The molecule has 0 aliphatic heterocycles. The van der Waals surface area contributed by atoms with E-state index in [1.807, 2.05) is 6.92 Å². The second-order valence-electron chi connectivity index (χ2n) is 2.34. The second kappa shape index (κ2) is 6.58. The lowest BCUT2D eigenvalue weighted by Gasteiger charge is -1.94. The van der Waals surface area contributed by atoms with Gasteiger partial charge in [0.05, 0.1) is 0 Å². The zero-order chi connectivity index (χ0) is 9.40. The molecule has 68 valence electrons. The molecule has 0 bridgehead atoms. The molecule has 0 saturated heterocycles. The molecular weight excluding hydrogens is 156 g/mol. The third-order valence-electron chi connectivity index (χ3n) is 1.21. The molecule has 0 radical (unpaired) electrons. The molecule has 0 aromatic carbocycles. The summed E-state index contributed by atoms with van der Waals surface area (Å²) in [6.07, 6.45) is 5.02. The van der Waals surface area contributed by atoms with E-state index in [9.17, 15) is 9.59 Å². The van der Waals surface area contributed by atoms with Gasteiger partial charge in [0.25, 0.3) is 0 Å². The maximum Gasteiger partial charge on any atom is 0.338 e. The first kappa shape index (κ1) is 10.9. The Labute approximate surface area is 72.4 Å². The minimum Gasteiger partial charge on any atom is -0.390 e. The first-order valence-corrected chi connectivity index (χ1v) is 4.11. The molecule has 0 fully saturated rings. The van der Waals surface area contributed by atoms with Crippen molar-refractivity contribution in [2.75, 3.05) is 0 Å². The average molecular weight is 170 g/mol. The minimum absolute atomic E-state index is 0.230. The molecule has 0 amide bonds. The summed E-state index contributed by atoms with van der Waals surface area (Å²) >= 11 is 0. The van der Waals surface area contributed by atoms with Crippen molar-refractivity contribution in [1.29, 1.82) is 0 Å². The lowest BCUT2D eigenvalue weighted by atomic mass is 10.3. The van der Waals surface area contributed by atoms with Gasteiger partial charge in [0, 0.05) is 12.5 Å². The van der Waals surface area contributed by atoms with Crippen LogP contribution >= 0.6 is 0 Å². The highest BCUT2D eigenvalue weighted by molar-refractivity contribution is 5.91. The molecule has 0 N–H and O–H groups in total. The summed E-state index contributed by atoms with van der Waals surface area (Å²) in [5.41, 5.74) is 0. The number of rotatable bonds is 4. The molecule has 0 rings (SSSR count). The smallest absolute Gasteiger partial charge is 0.338 e. The Morgan fingerprint density at radius 1 is 1.33 bits per heavy atom. The third-order valence-corrected chi connectivity index (χ3v) is 1.21. The van der Waals surface area contributed by atoms with Crippen molar-refractivity contribution in [3.8, 4) is 0 Å². The number of esters is 2. The van der Waals surface area contributed by atoms with Gasteiger partial charge < -0.3 is 4.74 Å². The Morgan fingerprint density at radius 2 is 2.00 bits per heavy atom. The minimum atomic E-state index is -0.574. The number of hydrogen-bond donors (Lipinski definition) is 0. The lowest BCUT2D eigenvalue weighted by molar-refractivity contribution is -0.155. The van der Waals surface area contributed by atoms with Crippen LogP contribution in [-0.2, 0) is 14.3 Å². The largest absolute Gasteiger partial charge is 0.390 e. The average Bonchev–Trinajstić information content (AvgIpc) is 2.05. The Bertz CT molecular complexity index is 182. The molecule has 12 heavy (non-hydrogen) atoms. The van der Waals surface area contributed by atoms with E-state index < -0.39 is 11.9 Å². The first-order valence-electron chi connectivity index (χ1n) is 4.11. The highest BCUT2D eigenvalue weighted by Gasteiger charge is 2.02. The Balaban J connectivity index is 3.66. The summed E-state index contributed by atoms with van der Waals surface area (Å²) in [5.74, 6) is -1.06. The zero-order valence-electron chi connectivity index (χ0n) is 7.50. The number of ether oxygens (including phenoxy) is 1. The molecule has 0 aliphatic rings. The second-order valence-corrected chi connectivity index (χ2v) is 2.34. The molecule has 0 atom stereocenters. The summed E-state index contributed by atoms with van der Waals surface area (Å²) in [6, 6.07) is 0. The Morgan fingerprint density at radius 3 is 2.50 bits per heavy atom. The normalized spacial score (nSPS) is 10.2. The highest BCUT2D eigenvalue weighted by atomic mass is 16.6. The molecule has 0 aromatic heterocycles. The van der Waals surface area contributed by atoms with E-state index in [2.05, 4.69) is 4.74 Å². The van der Waals surface area contributed by atoms with Gasteiger partial charge in [-0.15, -0.1) is 0 Å². The van der Waals surface area contributed by atoms with Crippen LogP contribution in [0.25, 0.3) is 0 Å². The Hall–Kier alpha value is -1.12. The van der Waals surface area contributed by atoms with Gasteiger partial charge in [0.2, 0.25) is 0 Å². The van der Waals surface area contributed by atoms with Crippen molar-refractivity contribution in [1.82, 2.24) is 0 Å². The maximum atomic E-state index is 10.8. The van der Waals surface area contributed by atoms with Crippen molar-refractivity contribution in [2.24, 2.45) is 0 Å². The predicted octanol–water partition coefficient (Wildman–Crippen LogP) is 1.82. The van der Waals surface area contributed by atoms with Gasteiger partial charge in [0.1, 0.15) is 0 Å². The van der Waals surface area contributed by atoms with E-state index in [4.69, 9.17) is 0 Å². The van der Waals surface area contributed by atoms with Gasteiger partial charge in [-0.3, -0.25) is 4.79 Å². The van der Waals surface area contributed by atoms with Crippen LogP contribution in [-0.4, -0.2) is 11.9 Å². The molecule has 0 spiro atoms. The van der Waals surface area contributed by atoms with Crippen LogP contribution in [0.3, 0.4) is 0 Å². The topological polar surface area (TPSA) is 43.4 Å². The van der Waals surface area contributed by atoms with Crippen LogP contribution in [0.5, 0.6) is 0 Å². The monoisotopic (exact) mass is 170 g/mol. The van der Waals surface area contributed by atoms with Crippen LogP contribution in [0.4, 0.5) is 0 Å². The number of carbonyl (C=O) groups is 2. The van der Waals surface area contributed by atoms with Crippen LogP contribution in [0.15, 0.2) is 12.2 Å². The molecule has 0 unspecified atom stereocenters. The molecule has 3 nitrogen and oxygen atoms in total. The van der Waals surface area contributed by atoms with E-state index in [1.54, 1.807) is 13.0 Å². The fraction of sp³-hybridized carbons (Fsp3) is 0.556. The number of hydrogen-bond acceptors (Lipinski definition) is 3. The Kier molecular flexibility index (Phi) is 5.97. The van der Waals surface area contributed by atoms with Crippen molar-refractivity contribution in [3.05, 3.63) is 12.2 Å². The number of carbonyl (C=O) groups excluding carboxylic acids is 2. The quantitative estimate of drug-likeness (QED) is 0.367. The predicted molar refractivity (Wildman–Crippen MR) is 45.4 cm³/mol. The number of unbranched alkanes of at least 4 members (excludes halogenated alkanes) is 1. The third kappa shape index (κ3) is 5.65. The van der Waals surface area contributed by atoms with E-state index in [1.165, 1.54) is 6.08 Å². The number of allylic oxidation sites excluding steroid dienone is 1. The summed E-state index contributed by atoms with van der Waals surface area (Å²) in [6.45, 7) is 3.65. The van der Waals surface area contributed by atoms with Gasteiger partial charge in [-0.25, -0.2) is 4.79 Å². The van der Waals surface area contributed by atoms with Crippen molar-refractivity contribution < 1.29 is 14.3 Å². The fourth-order valence-electron chi connectivity index (χ4n) is 0.565. The SMILES string of the molecule is CCCC=CC(=O)OC(=O)CC. The van der Waals surface area contributed by atoms with E-state index >= 15 is 0 Å². The summed E-state index contributed by atoms with van der Waals surface area (Å²) < 4.78 is 4.38. The van der Waals surface area contributed by atoms with Crippen LogP contribution in [0.2, 0.25) is 0 Å². The fourth-order valence-corrected chi connectivity index (χ4v) is 0.565. The standard InChI is InChI=1S/C9H14O3/c1-3-5-6-7-9(11)12-8(10)4-2/h6-7H,3-5H2,1-2H3. The molecule has 0 saturated carbocycles. The van der Waals surface area contributed by atoms with Crippen molar-refractivity contribution in [2.45, 2.75) is 33.1 Å². The van der Waals surface area contributed by atoms with Crippen LogP contribution < -0.4 is 0 Å². The molecular formula is C9H14O3. The van der Waals surface area contributed by atoms with Crippen LogP contribution in [0.1, 0.15) is 33.1 Å². The van der Waals surface area contributed by atoms with E-state index in [-0.39, 0.29) is 6.42 Å². The van der Waals surface area contributed by atoms with Gasteiger partial charge in [-0.1, -0.05) is 26.3 Å². The van der Waals surface area contributed by atoms with Gasteiger partial charge in [-0.05, 0) is 6.42 Å². The highest BCUT2D eigenvalue weighted by Crippen LogP contribution is 1.91. The summed E-state index contributed by atoms with van der Waals surface area (Å²) in [4.78, 5) is 21.3. The molecule has 3 heteroatoms. The van der Waals surface area contributed by atoms with Crippen LogP contribution in [0, 0.1) is 0 Å². The van der Waals surface area contributed by atoms with E-state index in [0.717, 1.165) is 12.8 Å². The lowest BCUT2D eigenvalue weighted by Crippen LogP contribution is -2.08. The molecule has 0 aromatic rings. The summed E-state index contributed by atoms with van der Waals surface area (Å²) in [7, 11) is 0. The van der Waals surface area contributed by atoms with Gasteiger partial charge in [-0.2, -0.15) is 0 Å². The van der Waals surface area contributed by atoms with Gasteiger partial charge in [0.15, 0.2) is 0 Å². The van der Waals surface area contributed by atoms with Gasteiger partial charge >= 0.3 is 11.9 Å². The molecule has 0 aliphatic carbocycles. The van der Waals surface area contributed by atoms with Crippen molar-refractivity contribution in [3.63, 3.8) is 0 Å². The maximum absolute atomic E-state index is 10.8. The van der Waals surface area contributed by atoms with Crippen molar-refractivity contribution >= 4 is 11.9 Å².